The van der Waals surface area contributed by atoms with Crippen molar-refractivity contribution in [2.75, 3.05) is 53.4 Å². The second-order valence-electron chi connectivity index (χ2n) is 8.09. The van der Waals surface area contributed by atoms with Crippen LogP contribution in [0.1, 0.15) is 12.0 Å². The van der Waals surface area contributed by atoms with E-state index in [-0.39, 0.29) is 6.04 Å². The first-order valence-corrected chi connectivity index (χ1v) is 9.40. The Labute approximate surface area is 150 Å². The Morgan fingerprint density at radius 1 is 1.16 bits per heavy atom. The monoisotopic (exact) mass is 346 g/mol. The third-order valence-electron chi connectivity index (χ3n) is 6.29. The van der Waals surface area contributed by atoms with Crippen LogP contribution in [0.15, 0.2) is 12.4 Å². The maximum Gasteiger partial charge on any atom is 0.240 e. The molecule has 7 heteroatoms. The second-order valence-corrected chi connectivity index (χ2v) is 8.09. The van der Waals surface area contributed by atoms with Gasteiger partial charge in [-0.1, -0.05) is 0 Å². The topological polar surface area (TPSA) is 47.9 Å². The molecule has 1 aromatic rings. The maximum atomic E-state index is 13.0. The van der Waals surface area contributed by atoms with Crippen LogP contribution < -0.4 is 0 Å². The van der Waals surface area contributed by atoms with Crippen molar-refractivity contribution in [3.05, 3.63) is 18.0 Å². The lowest BCUT2D eigenvalue weighted by Crippen LogP contribution is -2.53. The third kappa shape index (κ3) is 3.32. The summed E-state index contributed by atoms with van der Waals surface area (Å²) in [4.78, 5) is 22.2. The van der Waals surface area contributed by atoms with Gasteiger partial charge >= 0.3 is 0 Å². The molecule has 0 spiro atoms. The van der Waals surface area contributed by atoms with Crippen molar-refractivity contribution in [1.82, 2.24) is 29.4 Å². The van der Waals surface area contributed by atoms with Gasteiger partial charge in [-0.05, 0) is 26.4 Å². The minimum Gasteiger partial charge on any atom is -0.339 e. The van der Waals surface area contributed by atoms with Crippen LogP contribution in [0.3, 0.4) is 0 Å². The van der Waals surface area contributed by atoms with Crippen LogP contribution in [0, 0.1) is 5.92 Å². The number of likely N-dealkylation sites (tertiary alicyclic amines) is 2. The van der Waals surface area contributed by atoms with E-state index >= 15 is 0 Å². The Bertz CT molecular complexity index is 623. The number of rotatable bonds is 3. The van der Waals surface area contributed by atoms with E-state index in [0.717, 1.165) is 52.2 Å². The number of likely N-dealkylation sites (N-methyl/N-ethyl adjacent to an activating group) is 2. The van der Waals surface area contributed by atoms with Crippen LogP contribution in [0.4, 0.5) is 0 Å². The molecule has 1 amide bonds. The van der Waals surface area contributed by atoms with E-state index in [2.05, 4.69) is 45.0 Å². The van der Waals surface area contributed by atoms with Gasteiger partial charge in [0.15, 0.2) is 0 Å². The molecule has 0 bridgehead atoms. The predicted molar refractivity (Wildman–Crippen MR) is 96.0 cm³/mol. The summed E-state index contributed by atoms with van der Waals surface area (Å²) in [5, 5.41) is 4.26. The molecule has 0 radical (unpaired) electrons. The van der Waals surface area contributed by atoms with Crippen LogP contribution in [0.25, 0.3) is 0 Å². The van der Waals surface area contributed by atoms with Gasteiger partial charge < -0.3 is 9.80 Å². The maximum absolute atomic E-state index is 13.0. The molecule has 4 heterocycles. The average molecular weight is 346 g/mol. The van der Waals surface area contributed by atoms with E-state index in [9.17, 15) is 4.79 Å². The lowest BCUT2D eigenvalue weighted by Gasteiger charge is -2.36. The number of amides is 1. The molecule has 0 N–H and O–H groups in total. The highest BCUT2D eigenvalue weighted by atomic mass is 16.2. The lowest BCUT2D eigenvalue weighted by atomic mass is 10.0. The number of piperazine rings is 1. The van der Waals surface area contributed by atoms with Gasteiger partial charge in [0, 0.05) is 70.7 Å². The normalized spacial score (nSPS) is 31.6. The molecule has 25 heavy (non-hydrogen) atoms. The second kappa shape index (κ2) is 6.70. The summed E-state index contributed by atoms with van der Waals surface area (Å²) in [6, 6.07) is 0.594. The highest BCUT2D eigenvalue weighted by Gasteiger charge is 2.47. The minimum atomic E-state index is 0.0824. The molecular weight excluding hydrogens is 316 g/mol. The van der Waals surface area contributed by atoms with Crippen LogP contribution in [-0.2, 0) is 18.4 Å². The summed E-state index contributed by atoms with van der Waals surface area (Å²) in [6.07, 6.45) is 5.06. The van der Waals surface area contributed by atoms with Crippen LogP contribution in [-0.4, -0.2) is 101 Å². The summed E-state index contributed by atoms with van der Waals surface area (Å²) in [5.41, 5.74) is 1.27. The SMILES string of the molecule is CN1CCN(C(=O)[C@@H]2C[C@H]3CN(Cc4cnn(C)c4)C[C@H]3N2C)CC1. The van der Waals surface area contributed by atoms with Crippen LogP contribution in [0.2, 0.25) is 0 Å². The molecule has 0 aromatic carbocycles. The van der Waals surface area contributed by atoms with Gasteiger partial charge in [-0.2, -0.15) is 5.10 Å². The number of nitrogens with zero attached hydrogens (tertiary/aromatic N) is 6. The number of hydrogen-bond donors (Lipinski definition) is 0. The van der Waals surface area contributed by atoms with Crippen molar-refractivity contribution in [3.8, 4) is 0 Å². The van der Waals surface area contributed by atoms with E-state index in [1.165, 1.54) is 5.56 Å². The van der Waals surface area contributed by atoms with Gasteiger partial charge in [-0.3, -0.25) is 19.3 Å². The molecule has 3 aliphatic rings. The summed E-state index contributed by atoms with van der Waals surface area (Å²) >= 11 is 0. The Hall–Kier alpha value is -1.44. The summed E-state index contributed by atoms with van der Waals surface area (Å²) < 4.78 is 1.86. The van der Waals surface area contributed by atoms with E-state index < -0.39 is 0 Å². The molecule has 0 saturated carbocycles. The zero-order valence-corrected chi connectivity index (χ0v) is 15.6. The molecular formula is C18H30N6O. The number of fused-ring (bicyclic) bond motifs is 1. The molecule has 0 unspecified atom stereocenters. The Kier molecular flexibility index (Phi) is 4.56. The van der Waals surface area contributed by atoms with Crippen molar-refractivity contribution >= 4 is 5.91 Å². The molecule has 1 aromatic heterocycles. The molecule has 0 aliphatic carbocycles. The molecule has 4 rings (SSSR count). The number of carbonyl (C=O) groups excluding carboxylic acids is 1. The number of aryl methyl sites for hydroxylation is 1. The predicted octanol–water partition coefficient (Wildman–Crippen LogP) is -0.301. The standard InChI is InChI=1S/C18H30N6O/c1-20-4-6-24(7-5-20)18(25)16-8-15-12-23(13-17(15)22(16)3)11-14-9-19-21(2)10-14/h9-10,15-17H,4-8,11-13H2,1-3H3/t15-,16-,17+/m0/s1. The Morgan fingerprint density at radius 2 is 1.92 bits per heavy atom. The van der Waals surface area contributed by atoms with Crippen molar-refractivity contribution in [3.63, 3.8) is 0 Å². The first kappa shape index (κ1) is 17.0. The molecule has 3 atom stereocenters. The van der Waals surface area contributed by atoms with Gasteiger partial charge in [0.05, 0.1) is 12.2 Å². The van der Waals surface area contributed by atoms with E-state index in [1.807, 2.05) is 17.9 Å². The third-order valence-corrected chi connectivity index (χ3v) is 6.29. The van der Waals surface area contributed by atoms with Gasteiger partial charge in [0.1, 0.15) is 0 Å². The largest absolute Gasteiger partial charge is 0.339 e. The van der Waals surface area contributed by atoms with Crippen LogP contribution >= 0.6 is 0 Å². The highest BCUT2D eigenvalue weighted by Crippen LogP contribution is 2.35. The molecule has 3 saturated heterocycles. The quantitative estimate of drug-likeness (QED) is 0.752. The van der Waals surface area contributed by atoms with Crippen LogP contribution in [0.5, 0.6) is 0 Å². The number of hydrogen-bond acceptors (Lipinski definition) is 5. The molecule has 7 nitrogen and oxygen atoms in total. The fraction of sp³-hybridized carbons (Fsp3) is 0.778. The fourth-order valence-corrected chi connectivity index (χ4v) is 4.77. The average Bonchev–Trinajstić information content (AvgIpc) is 3.25. The molecule has 138 valence electrons. The van der Waals surface area contributed by atoms with Gasteiger partial charge in [0.25, 0.3) is 0 Å². The van der Waals surface area contributed by atoms with Crippen molar-refractivity contribution < 1.29 is 4.79 Å². The lowest BCUT2D eigenvalue weighted by molar-refractivity contribution is -0.137. The van der Waals surface area contributed by atoms with E-state index in [0.29, 0.717) is 17.9 Å². The van der Waals surface area contributed by atoms with Crippen molar-refractivity contribution in [1.29, 1.82) is 0 Å². The summed E-state index contributed by atoms with van der Waals surface area (Å²) in [6.45, 7) is 6.86. The number of carbonyl (C=O) groups is 1. The minimum absolute atomic E-state index is 0.0824. The van der Waals surface area contributed by atoms with E-state index in [1.54, 1.807) is 0 Å². The van der Waals surface area contributed by atoms with Gasteiger partial charge in [-0.25, -0.2) is 0 Å². The Balaban J connectivity index is 1.34. The summed E-state index contributed by atoms with van der Waals surface area (Å²) in [5.74, 6) is 0.965. The number of aromatic nitrogens is 2. The Morgan fingerprint density at radius 3 is 2.56 bits per heavy atom. The van der Waals surface area contributed by atoms with Gasteiger partial charge in [0.2, 0.25) is 5.91 Å². The van der Waals surface area contributed by atoms with Gasteiger partial charge in [-0.15, -0.1) is 0 Å². The molecule has 3 aliphatic heterocycles. The highest BCUT2D eigenvalue weighted by molar-refractivity contribution is 5.82. The fourth-order valence-electron chi connectivity index (χ4n) is 4.77. The van der Waals surface area contributed by atoms with Crippen molar-refractivity contribution in [2.24, 2.45) is 13.0 Å². The summed E-state index contributed by atoms with van der Waals surface area (Å²) in [7, 11) is 6.24. The van der Waals surface area contributed by atoms with E-state index in [4.69, 9.17) is 0 Å². The smallest absolute Gasteiger partial charge is 0.240 e. The molecule has 3 fully saturated rings. The zero-order chi connectivity index (χ0) is 17.6. The first-order valence-electron chi connectivity index (χ1n) is 9.40. The zero-order valence-electron chi connectivity index (χ0n) is 15.6. The first-order chi connectivity index (χ1) is 12.0. The van der Waals surface area contributed by atoms with Crippen molar-refractivity contribution in [2.45, 2.75) is 25.0 Å².